The molecule has 1 aromatic heterocycles. The minimum absolute atomic E-state index is 0.178. The van der Waals surface area contributed by atoms with E-state index >= 15 is 0 Å². The number of hydrogen-bond acceptors (Lipinski definition) is 3. The van der Waals surface area contributed by atoms with Gasteiger partial charge in [0.25, 0.3) is 0 Å². The molecule has 0 amide bonds. The lowest BCUT2D eigenvalue weighted by Gasteiger charge is -2.05. The largest absolute Gasteiger partial charge is 0.744 e. The van der Waals surface area contributed by atoms with Crippen LogP contribution < -0.4 is 4.68 Å². The topological polar surface area (TPSA) is 66.0 Å². The van der Waals surface area contributed by atoms with Crippen LogP contribution in [0.2, 0.25) is 0 Å². The highest BCUT2D eigenvalue weighted by molar-refractivity contribution is 7.85. The summed E-state index contributed by atoms with van der Waals surface area (Å²) in [6.07, 6.45) is 4.00. The van der Waals surface area contributed by atoms with E-state index in [1.807, 2.05) is 48.8 Å². The van der Waals surface area contributed by atoms with Gasteiger partial charge in [-0.05, 0) is 19.1 Å². The van der Waals surface area contributed by atoms with Gasteiger partial charge in [0.15, 0.2) is 13.2 Å². The smallest absolute Gasteiger partial charge is 0.195 e. The third-order valence-corrected chi connectivity index (χ3v) is 3.26. The van der Waals surface area contributed by atoms with Crippen LogP contribution in [0.15, 0.2) is 47.6 Å². The van der Waals surface area contributed by atoms with Gasteiger partial charge < -0.3 is 4.55 Å². The molecular weight excluding hydrogens is 252 g/mol. The van der Waals surface area contributed by atoms with Crippen molar-refractivity contribution in [1.29, 1.82) is 0 Å². The van der Waals surface area contributed by atoms with Crippen molar-refractivity contribution >= 4 is 10.1 Å². The van der Waals surface area contributed by atoms with Gasteiger partial charge in [0.1, 0.15) is 10.1 Å². The van der Waals surface area contributed by atoms with Crippen LogP contribution in [0.5, 0.6) is 0 Å². The number of hydrogen-bond donors (Lipinski definition) is 0. The van der Waals surface area contributed by atoms with E-state index in [2.05, 4.69) is 0 Å². The minimum atomic E-state index is -4.27. The molecule has 0 N–H and O–H groups in total. The van der Waals surface area contributed by atoms with Crippen LogP contribution in [0.3, 0.4) is 0 Å². The predicted molar refractivity (Wildman–Crippen MR) is 65.7 cm³/mol. The Morgan fingerprint density at radius 3 is 2.06 bits per heavy atom. The predicted octanol–water partition coefficient (Wildman–Crippen LogP) is 0.749. The number of aryl methyl sites for hydroxylation is 3. The van der Waals surface area contributed by atoms with Crippen molar-refractivity contribution in [2.75, 3.05) is 0 Å². The van der Waals surface area contributed by atoms with Gasteiger partial charge in [0, 0.05) is 6.07 Å². The summed E-state index contributed by atoms with van der Waals surface area (Å²) in [4.78, 5) is -0.178. The second-order valence-electron chi connectivity index (χ2n) is 3.91. The third-order valence-electron chi connectivity index (χ3n) is 2.41. The number of aromatic nitrogens is 2. The number of nitrogens with zero attached hydrogens (tertiary/aromatic N) is 2. The molecule has 5 nitrogen and oxygen atoms in total. The van der Waals surface area contributed by atoms with Crippen LogP contribution in [-0.4, -0.2) is 17.7 Å². The molecule has 6 heteroatoms. The molecule has 2 rings (SSSR count). The molecule has 1 aromatic carbocycles. The van der Waals surface area contributed by atoms with E-state index in [0.29, 0.717) is 0 Å². The molecule has 0 atom stereocenters. The van der Waals surface area contributed by atoms with E-state index in [1.54, 1.807) is 12.1 Å². The first-order valence-corrected chi connectivity index (χ1v) is 6.71. The average Bonchev–Trinajstić information content (AvgIpc) is 2.63. The summed E-state index contributed by atoms with van der Waals surface area (Å²) in [6, 6.07) is 7.78. The fraction of sp³-hybridized carbons (Fsp3) is 0.250. The van der Waals surface area contributed by atoms with Gasteiger partial charge in [-0.2, -0.15) is 4.68 Å². The Hall–Kier alpha value is -1.66. The molecule has 0 aliphatic heterocycles. The third kappa shape index (κ3) is 4.31. The maximum Gasteiger partial charge on any atom is 0.195 e. The van der Waals surface area contributed by atoms with Gasteiger partial charge in [-0.25, -0.2) is 8.42 Å². The molecule has 0 radical (unpaired) electrons. The summed E-state index contributed by atoms with van der Waals surface area (Å²) in [5.41, 5.74) is 0.928. The average molecular weight is 268 g/mol. The molecule has 0 unspecified atom stereocenters. The highest BCUT2D eigenvalue weighted by atomic mass is 32.2. The normalized spacial score (nSPS) is 10.7. The molecule has 2 aromatic rings. The summed E-state index contributed by atoms with van der Waals surface area (Å²) >= 11 is 0. The first-order chi connectivity index (χ1) is 8.30. The lowest BCUT2D eigenvalue weighted by molar-refractivity contribution is -0.751. The minimum Gasteiger partial charge on any atom is -0.744 e. The highest BCUT2D eigenvalue weighted by Gasteiger charge is 1.97. The van der Waals surface area contributed by atoms with Gasteiger partial charge in [-0.1, -0.05) is 17.7 Å². The van der Waals surface area contributed by atoms with Crippen LogP contribution in [0.1, 0.15) is 5.56 Å². The van der Waals surface area contributed by atoms with Crippen LogP contribution in [0.25, 0.3) is 0 Å². The SMILES string of the molecule is Cc1ccc(S(=O)(=O)[O-])cc1.Cn1ccc[n+]1C. The first kappa shape index (κ1) is 14.4. The van der Waals surface area contributed by atoms with Crippen LogP contribution in [0, 0.1) is 6.92 Å². The summed E-state index contributed by atoms with van der Waals surface area (Å²) in [6.45, 7) is 1.82. The Labute approximate surface area is 107 Å². The summed E-state index contributed by atoms with van der Waals surface area (Å²) < 4.78 is 35.2. The van der Waals surface area contributed by atoms with Crippen molar-refractivity contribution in [3.8, 4) is 0 Å². The van der Waals surface area contributed by atoms with Gasteiger partial charge in [0.2, 0.25) is 0 Å². The quantitative estimate of drug-likeness (QED) is 0.566. The van der Waals surface area contributed by atoms with Crippen molar-refractivity contribution in [2.45, 2.75) is 11.8 Å². The fourth-order valence-electron chi connectivity index (χ4n) is 1.20. The Kier molecular flexibility index (Phi) is 4.63. The molecule has 0 bridgehead atoms. The Morgan fingerprint density at radius 2 is 1.78 bits per heavy atom. The van der Waals surface area contributed by atoms with Gasteiger partial charge in [0.05, 0.1) is 18.1 Å². The van der Waals surface area contributed by atoms with Crippen molar-refractivity contribution in [2.24, 2.45) is 14.1 Å². The van der Waals surface area contributed by atoms with Crippen LogP contribution >= 0.6 is 0 Å². The number of benzene rings is 1. The van der Waals surface area contributed by atoms with E-state index in [0.717, 1.165) is 5.56 Å². The monoisotopic (exact) mass is 268 g/mol. The molecule has 0 saturated carbocycles. The van der Waals surface area contributed by atoms with Crippen molar-refractivity contribution in [3.05, 3.63) is 48.3 Å². The fourth-order valence-corrected chi connectivity index (χ4v) is 1.67. The Bertz CT molecular complexity index is 584. The summed E-state index contributed by atoms with van der Waals surface area (Å²) in [7, 11) is -0.270. The van der Waals surface area contributed by atoms with E-state index in [1.165, 1.54) is 12.1 Å². The lowest BCUT2D eigenvalue weighted by atomic mass is 10.2. The zero-order valence-electron chi connectivity index (χ0n) is 10.6. The molecule has 0 aliphatic rings. The van der Waals surface area contributed by atoms with Crippen molar-refractivity contribution in [3.63, 3.8) is 0 Å². The zero-order valence-corrected chi connectivity index (χ0v) is 11.4. The lowest BCUT2D eigenvalue weighted by Crippen LogP contribution is -2.35. The van der Waals surface area contributed by atoms with E-state index in [9.17, 15) is 13.0 Å². The van der Waals surface area contributed by atoms with Gasteiger partial charge in [-0.15, -0.1) is 4.68 Å². The maximum atomic E-state index is 10.4. The van der Waals surface area contributed by atoms with Crippen LogP contribution in [0.4, 0.5) is 0 Å². The van der Waals surface area contributed by atoms with Crippen molar-refractivity contribution < 1.29 is 17.7 Å². The molecule has 18 heavy (non-hydrogen) atoms. The van der Waals surface area contributed by atoms with E-state index < -0.39 is 10.1 Å². The van der Waals surface area contributed by atoms with Crippen molar-refractivity contribution in [1.82, 2.24) is 4.68 Å². The molecule has 98 valence electrons. The molecule has 0 saturated heterocycles. The number of rotatable bonds is 1. The van der Waals surface area contributed by atoms with Gasteiger partial charge >= 0.3 is 0 Å². The molecule has 0 aliphatic carbocycles. The van der Waals surface area contributed by atoms with E-state index in [-0.39, 0.29) is 4.90 Å². The zero-order chi connectivity index (χ0) is 13.8. The summed E-state index contributed by atoms with van der Waals surface area (Å²) in [5.74, 6) is 0. The van der Waals surface area contributed by atoms with Crippen LogP contribution in [-0.2, 0) is 24.2 Å². The summed E-state index contributed by atoms with van der Waals surface area (Å²) in [5, 5.41) is 0. The molecule has 1 heterocycles. The van der Waals surface area contributed by atoms with Gasteiger partial charge in [-0.3, -0.25) is 0 Å². The standard InChI is InChI=1S/C7H8O3S.C5H9N2/c1-6-2-4-7(5-3-6)11(8,9)10;1-6-4-3-5-7(6)2/h2-5H,1H3,(H,8,9,10);3-5H,1-2H3/q;+1/p-1. The molecule has 0 spiro atoms. The molecule has 0 fully saturated rings. The molecular formula is C12H16N2O3S. The maximum absolute atomic E-state index is 10.4. The first-order valence-electron chi connectivity index (χ1n) is 5.30. The second-order valence-corrected chi connectivity index (χ2v) is 5.28. The Morgan fingerprint density at radius 1 is 1.22 bits per heavy atom. The Balaban J connectivity index is 0.000000199. The second kappa shape index (κ2) is 5.79. The highest BCUT2D eigenvalue weighted by Crippen LogP contribution is 2.08. The van der Waals surface area contributed by atoms with E-state index in [4.69, 9.17) is 0 Å².